The van der Waals surface area contributed by atoms with Crippen LogP contribution in [0.2, 0.25) is 0 Å². The van der Waals surface area contributed by atoms with Crippen molar-refractivity contribution in [1.29, 1.82) is 0 Å². The van der Waals surface area contributed by atoms with E-state index in [1.807, 2.05) is 60.3 Å². The topological polar surface area (TPSA) is 74.6 Å². The molecule has 0 bridgehead atoms. The first-order chi connectivity index (χ1) is 14.3. The number of benzene rings is 2. The van der Waals surface area contributed by atoms with Crippen molar-refractivity contribution >= 4 is 16.0 Å². The summed E-state index contributed by atoms with van der Waals surface area (Å²) < 4.78 is 36.3. The number of nitrogens with zero attached hydrogens (tertiary/aromatic N) is 1. The Kier molecular flexibility index (Phi) is 6.62. The normalized spacial score (nSPS) is 11.3. The molecule has 0 spiro atoms. The fourth-order valence-corrected chi connectivity index (χ4v) is 3.88. The molecule has 1 aromatic heterocycles. The Morgan fingerprint density at radius 1 is 1.07 bits per heavy atom. The molecular weight excluding hydrogens is 402 g/mol. The van der Waals surface area contributed by atoms with E-state index >= 15 is 0 Å². The molecule has 0 radical (unpaired) electrons. The van der Waals surface area contributed by atoms with Crippen molar-refractivity contribution in [3.8, 4) is 16.8 Å². The maximum atomic E-state index is 12.3. The average Bonchev–Trinajstić information content (AvgIpc) is 3.17. The zero-order valence-corrected chi connectivity index (χ0v) is 18.1. The second-order valence-electron chi connectivity index (χ2n) is 6.96. The number of carbonyl (C=O) groups excluding carboxylic acids is 1. The molecule has 0 saturated carbocycles. The minimum Gasteiger partial charge on any atom is -0.435 e. The van der Waals surface area contributed by atoms with Gasteiger partial charge in [-0.3, -0.25) is 0 Å². The van der Waals surface area contributed by atoms with Crippen LogP contribution in [0.3, 0.4) is 0 Å². The summed E-state index contributed by atoms with van der Waals surface area (Å²) >= 11 is 0. The Labute approximate surface area is 177 Å². The van der Waals surface area contributed by atoms with Gasteiger partial charge in [-0.2, -0.15) is 0 Å². The lowest BCUT2D eigenvalue weighted by atomic mass is 9.99. The SMILES string of the molecule is CCOC(=O)OCCc1ccn(-c2cc(S(C)(=O)=O)cc(-c3ccccc3)c2C)c1. The van der Waals surface area contributed by atoms with Crippen molar-refractivity contribution in [1.82, 2.24) is 4.57 Å². The molecule has 0 atom stereocenters. The highest BCUT2D eigenvalue weighted by Crippen LogP contribution is 2.31. The molecule has 3 aromatic rings. The molecule has 0 N–H and O–H groups in total. The highest BCUT2D eigenvalue weighted by atomic mass is 32.2. The van der Waals surface area contributed by atoms with Gasteiger partial charge in [-0.1, -0.05) is 30.3 Å². The van der Waals surface area contributed by atoms with Gasteiger partial charge < -0.3 is 14.0 Å². The van der Waals surface area contributed by atoms with Gasteiger partial charge in [0.15, 0.2) is 9.84 Å². The van der Waals surface area contributed by atoms with E-state index < -0.39 is 16.0 Å². The number of aromatic nitrogens is 1. The number of rotatable bonds is 7. The van der Waals surface area contributed by atoms with Crippen LogP contribution in [0.1, 0.15) is 18.1 Å². The highest BCUT2D eigenvalue weighted by Gasteiger charge is 2.16. The van der Waals surface area contributed by atoms with E-state index in [4.69, 9.17) is 9.47 Å². The minimum absolute atomic E-state index is 0.209. The molecule has 0 amide bonds. The minimum atomic E-state index is -3.39. The number of sulfone groups is 1. The molecular formula is C23H25NO5S. The summed E-state index contributed by atoms with van der Waals surface area (Å²) in [4.78, 5) is 11.6. The molecule has 7 heteroatoms. The van der Waals surface area contributed by atoms with Crippen LogP contribution in [0.25, 0.3) is 16.8 Å². The summed E-state index contributed by atoms with van der Waals surface area (Å²) in [5.41, 5.74) is 4.55. The molecule has 3 rings (SSSR count). The van der Waals surface area contributed by atoms with Crippen LogP contribution in [-0.4, -0.2) is 38.6 Å². The third-order valence-electron chi connectivity index (χ3n) is 4.77. The maximum Gasteiger partial charge on any atom is 0.508 e. The fourth-order valence-electron chi connectivity index (χ4n) is 3.22. The van der Waals surface area contributed by atoms with Crippen LogP contribution >= 0.6 is 0 Å². The number of ether oxygens (including phenoxy) is 2. The maximum absolute atomic E-state index is 12.3. The molecule has 6 nitrogen and oxygen atoms in total. The predicted molar refractivity (Wildman–Crippen MR) is 116 cm³/mol. The lowest BCUT2D eigenvalue weighted by molar-refractivity contribution is 0.0599. The monoisotopic (exact) mass is 427 g/mol. The molecule has 2 aromatic carbocycles. The van der Waals surface area contributed by atoms with Gasteiger partial charge in [0.2, 0.25) is 0 Å². The van der Waals surface area contributed by atoms with Gasteiger partial charge in [-0.25, -0.2) is 13.2 Å². The predicted octanol–water partition coefficient (Wildman–Crippen LogP) is 4.57. The summed E-state index contributed by atoms with van der Waals surface area (Å²) in [6.07, 6.45) is 4.85. The number of hydrogen-bond acceptors (Lipinski definition) is 5. The van der Waals surface area contributed by atoms with Crippen LogP contribution < -0.4 is 0 Å². The molecule has 0 aliphatic rings. The van der Waals surface area contributed by atoms with Gasteiger partial charge in [0.25, 0.3) is 0 Å². The largest absolute Gasteiger partial charge is 0.508 e. The van der Waals surface area contributed by atoms with Crippen LogP contribution in [0, 0.1) is 6.92 Å². The second kappa shape index (κ2) is 9.17. The number of carbonyl (C=O) groups is 1. The van der Waals surface area contributed by atoms with Crippen molar-refractivity contribution in [3.63, 3.8) is 0 Å². The quantitative estimate of drug-likeness (QED) is 0.516. The summed E-state index contributed by atoms with van der Waals surface area (Å²) in [5.74, 6) is 0. The third kappa shape index (κ3) is 5.10. The standard InChI is InChI=1S/C23H25NO5S/c1-4-28-23(25)29-13-11-18-10-12-24(16-18)22-15-20(30(3,26)27)14-21(17(22)2)19-8-6-5-7-9-19/h5-10,12,14-16H,4,11,13H2,1-3H3. The van der Waals surface area contributed by atoms with Crippen LogP contribution in [0.15, 0.2) is 65.8 Å². The van der Waals surface area contributed by atoms with Gasteiger partial charge in [-0.15, -0.1) is 0 Å². The third-order valence-corrected chi connectivity index (χ3v) is 5.86. The molecule has 0 fully saturated rings. The molecule has 0 aliphatic heterocycles. The Bertz CT molecular complexity index is 1130. The van der Waals surface area contributed by atoms with Crippen LogP contribution in [-0.2, 0) is 25.7 Å². The van der Waals surface area contributed by atoms with Crippen molar-refractivity contribution in [2.45, 2.75) is 25.2 Å². The van der Waals surface area contributed by atoms with E-state index in [0.717, 1.165) is 27.9 Å². The first-order valence-corrected chi connectivity index (χ1v) is 11.6. The van der Waals surface area contributed by atoms with Crippen molar-refractivity contribution in [2.75, 3.05) is 19.5 Å². The van der Waals surface area contributed by atoms with Gasteiger partial charge in [0.1, 0.15) is 0 Å². The van der Waals surface area contributed by atoms with Crippen LogP contribution in [0.4, 0.5) is 4.79 Å². The summed E-state index contributed by atoms with van der Waals surface area (Å²) in [5, 5.41) is 0. The Balaban J connectivity index is 1.94. The average molecular weight is 428 g/mol. The lowest BCUT2D eigenvalue weighted by Gasteiger charge is -2.15. The number of hydrogen-bond donors (Lipinski definition) is 0. The smallest absolute Gasteiger partial charge is 0.435 e. The van der Waals surface area contributed by atoms with Crippen LogP contribution in [0.5, 0.6) is 0 Å². The lowest BCUT2D eigenvalue weighted by Crippen LogP contribution is -2.09. The molecule has 0 unspecified atom stereocenters. The first-order valence-electron chi connectivity index (χ1n) is 9.66. The molecule has 30 heavy (non-hydrogen) atoms. The van der Waals surface area contributed by atoms with E-state index in [0.29, 0.717) is 6.42 Å². The molecule has 1 heterocycles. The van der Waals surface area contributed by atoms with Gasteiger partial charge >= 0.3 is 6.16 Å². The Morgan fingerprint density at radius 2 is 1.80 bits per heavy atom. The van der Waals surface area contributed by atoms with E-state index in [9.17, 15) is 13.2 Å². The molecule has 0 aliphatic carbocycles. The van der Waals surface area contributed by atoms with E-state index in [1.54, 1.807) is 19.1 Å². The van der Waals surface area contributed by atoms with E-state index in [2.05, 4.69) is 0 Å². The van der Waals surface area contributed by atoms with Crippen molar-refractivity contribution in [3.05, 3.63) is 72.1 Å². The Morgan fingerprint density at radius 3 is 2.47 bits per heavy atom. The van der Waals surface area contributed by atoms with E-state index in [1.165, 1.54) is 6.26 Å². The molecule has 158 valence electrons. The summed E-state index contributed by atoms with van der Waals surface area (Å²) in [6.45, 7) is 4.18. The van der Waals surface area contributed by atoms with Crippen molar-refractivity contribution < 1.29 is 22.7 Å². The molecule has 0 saturated heterocycles. The fraction of sp³-hybridized carbons (Fsp3) is 0.261. The summed E-state index contributed by atoms with van der Waals surface area (Å²) in [7, 11) is -3.39. The van der Waals surface area contributed by atoms with Crippen molar-refractivity contribution in [2.24, 2.45) is 0 Å². The van der Waals surface area contributed by atoms with Gasteiger partial charge in [-0.05, 0) is 54.3 Å². The van der Waals surface area contributed by atoms with Gasteiger partial charge in [0.05, 0.1) is 18.1 Å². The Hall–Kier alpha value is -3.06. The second-order valence-corrected chi connectivity index (χ2v) is 8.98. The zero-order chi connectivity index (χ0) is 21.7. The zero-order valence-electron chi connectivity index (χ0n) is 17.3. The highest BCUT2D eigenvalue weighted by molar-refractivity contribution is 7.90. The first kappa shape index (κ1) is 21.6. The summed E-state index contributed by atoms with van der Waals surface area (Å²) in [6, 6.07) is 15.0. The van der Waals surface area contributed by atoms with Gasteiger partial charge in [0, 0.05) is 30.8 Å². The van der Waals surface area contributed by atoms with E-state index in [-0.39, 0.29) is 18.1 Å².